The molecule has 23 heavy (non-hydrogen) atoms. The van der Waals surface area contributed by atoms with Gasteiger partial charge in [0.15, 0.2) is 0 Å². The predicted molar refractivity (Wildman–Crippen MR) is 85.8 cm³/mol. The molecule has 0 spiro atoms. The molecule has 1 heterocycles. The summed E-state index contributed by atoms with van der Waals surface area (Å²) in [6.07, 6.45) is 1.03. The lowest BCUT2D eigenvalue weighted by molar-refractivity contribution is -0.134. The number of amides is 1. The third-order valence-corrected chi connectivity index (χ3v) is 4.10. The van der Waals surface area contributed by atoms with Gasteiger partial charge in [-0.1, -0.05) is 0 Å². The Morgan fingerprint density at radius 1 is 1.35 bits per heavy atom. The van der Waals surface area contributed by atoms with Gasteiger partial charge in [0, 0.05) is 26.6 Å². The van der Waals surface area contributed by atoms with Gasteiger partial charge in [-0.15, -0.1) is 0 Å². The van der Waals surface area contributed by atoms with Crippen molar-refractivity contribution in [3.05, 3.63) is 30.1 Å². The van der Waals surface area contributed by atoms with Crippen molar-refractivity contribution >= 4 is 5.91 Å². The fraction of sp³-hybridized carbons (Fsp3) is 0.588. The second-order valence-corrected chi connectivity index (χ2v) is 6.23. The first-order valence-corrected chi connectivity index (χ1v) is 7.95. The summed E-state index contributed by atoms with van der Waals surface area (Å²) < 4.78 is 18.2. The number of hydrogen-bond donors (Lipinski definition) is 1. The van der Waals surface area contributed by atoms with Crippen LogP contribution in [0.2, 0.25) is 0 Å². The van der Waals surface area contributed by atoms with Crippen LogP contribution in [0.1, 0.15) is 12.8 Å². The number of nitrogens with zero attached hydrogens (tertiary/aromatic N) is 2. The molecule has 0 unspecified atom stereocenters. The molecule has 1 aromatic rings. The quantitative estimate of drug-likeness (QED) is 0.859. The van der Waals surface area contributed by atoms with Crippen molar-refractivity contribution in [3.63, 3.8) is 0 Å². The van der Waals surface area contributed by atoms with E-state index < -0.39 is 6.10 Å². The van der Waals surface area contributed by atoms with Crippen molar-refractivity contribution in [2.24, 2.45) is 5.92 Å². The first-order chi connectivity index (χ1) is 11.0. The maximum absolute atomic E-state index is 12.8. The maximum atomic E-state index is 12.8. The molecule has 1 amide bonds. The van der Waals surface area contributed by atoms with E-state index in [1.807, 2.05) is 0 Å². The van der Waals surface area contributed by atoms with E-state index in [2.05, 4.69) is 4.90 Å². The van der Waals surface area contributed by atoms with E-state index in [4.69, 9.17) is 4.74 Å². The summed E-state index contributed by atoms with van der Waals surface area (Å²) in [5.41, 5.74) is 0. The Balaban J connectivity index is 1.69. The zero-order valence-electron chi connectivity index (χ0n) is 13.7. The highest BCUT2D eigenvalue weighted by Gasteiger charge is 2.26. The minimum absolute atomic E-state index is 0.0915. The topological polar surface area (TPSA) is 53.0 Å². The molecule has 1 aliphatic heterocycles. The molecule has 128 valence electrons. The zero-order valence-corrected chi connectivity index (χ0v) is 13.7. The molecule has 5 nitrogen and oxygen atoms in total. The fourth-order valence-electron chi connectivity index (χ4n) is 2.80. The first kappa shape index (κ1) is 17.7. The van der Waals surface area contributed by atoms with Crippen molar-refractivity contribution in [2.45, 2.75) is 18.9 Å². The lowest BCUT2D eigenvalue weighted by Crippen LogP contribution is -2.43. The molecule has 0 saturated carbocycles. The third-order valence-electron chi connectivity index (χ3n) is 4.10. The van der Waals surface area contributed by atoms with Crippen LogP contribution in [0.15, 0.2) is 24.3 Å². The molecule has 1 aliphatic rings. The van der Waals surface area contributed by atoms with Gasteiger partial charge in [-0.05, 0) is 50.2 Å². The number of aliphatic hydroxyl groups is 1. The minimum atomic E-state index is -0.610. The molecular weight excluding hydrogens is 299 g/mol. The van der Waals surface area contributed by atoms with E-state index in [1.54, 1.807) is 31.1 Å². The maximum Gasteiger partial charge on any atom is 0.225 e. The summed E-state index contributed by atoms with van der Waals surface area (Å²) in [4.78, 5) is 15.7. The van der Waals surface area contributed by atoms with E-state index in [0.717, 1.165) is 25.9 Å². The van der Waals surface area contributed by atoms with Gasteiger partial charge in [0.2, 0.25) is 5.91 Å². The highest BCUT2D eigenvalue weighted by atomic mass is 19.1. The third kappa shape index (κ3) is 5.48. The van der Waals surface area contributed by atoms with Crippen LogP contribution in [0.3, 0.4) is 0 Å². The zero-order chi connectivity index (χ0) is 16.8. The van der Waals surface area contributed by atoms with Crippen LogP contribution in [0.5, 0.6) is 5.75 Å². The van der Waals surface area contributed by atoms with Crippen LogP contribution in [-0.2, 0) is 4.79 Å². The number of piperidine rings is 1. The summed E-state index contributed by atoms with van der Waals surface area (Å²) >= 11 is 0. The molecule has 0 radical (unpaired) electrons. The summed E-state index contributed by atoms with van der Waals surface area (Å²) in [6.45, 7) is 2.29. The van der Waals surface area contributed by atoms with E-state index >= 15 is 0 Å². The standard InChI is InChI=1S/C17H25FN2O3/c1-19(2)17(22)13-7-9-20(10-8-13)11-15(21)12-23-16-5-3-14(18)4-6-16/h3-6,13,15,21H,7-12H2,1-2H3/t15-/m0/s1. The van der Waals surface area contributed by atoms with Gasteiger partial charge in [-0.3, -0.25) is 4.79 Å². The molecular formula is C17H25FN2O3. The number of likely N-dealkylation sites (tertiary alicyclic amines) is 1. The van der Waals surface area contributed by atoms with E-state index in [-0.39, 0.29) is 24.2 Å². The molecule has 0 aromatic heterocycles. The first-order valence-electron chi connectivity index (χ1n) is 7.95. The summed E-state index contributed by atoms with van der Waals surface area (Å²) in [5, 5.41) is 10.1. The van der Waals surface area contributed by atoms with Gasteiger partial charge in [-0.25, -0.2) is 4.39 Å². The second kappa shape index (κ2) is 8.26. The fourth-order valence-corrected chi connectivity index (χ4v) is 2.80. The molecule has 2 rings (SSSR count). The normalized spacial score (nSPS) is 17.7. The lowest BCUT2D eigenvalue weighted by atomic mass is 9.95. The molecule has 1 N–H and O–H groups in total. The monoisotopic (exact) mass is 324 g/mol. The van der Waals surface area contributed by atoms with Gasteiger partial charge >= 0.3 is 0 Å². The van der Waals surface area contributed by atoms with Gasteiger partial charge < -0.3 is 19.6 Å². The van der Waals surface area contributed by atoms with Gasteiger partial charge in [-0.2, -0.15) is 0 Å². The minimum Gasteiger partial charge on any atom is -0.491 e. The van der Waals surface area contributed by atoms with Crippen molar-refractivity contribution in [1.29, 1.82) is 0 Å². The van der Waals surface area contributed by atoms with Gasteiger partial charge in [0.1, 0.15) is 24.3 Å². The van der Waals surface area contributed by atoms with Crippen molar-refractivity contribution in [1.82, 2.24) is 9.80 Å². The van der Waals surface area contributed by atoms with Crippen LogP contribution in [-0.4, -0.2) is 67.3 Å². The molecule has 0 bridgehead atoms. The highest BCUT2D eigenvalue weighted by Crippen LogP contribution is 2.19. The second-order valence-electron chi connectivity index (χ2n) is 6.23. The largest absolute Gasteiger partial charge is 0.491 e. The molecule has 1 atom stereocenters. The van der Waals surface area contributed by atoms with E-state index in [9.17, 15) is 14.3 Å². The van der Waals surface area contributed by atoms with Crippen molar-refractivity contribution < 1.29 is 19.0 Å². The Hall–Kier alpha value is -1.66. The van der Waals surface area contributed by atoms with E-state index in [1.165, 1.54) is 12.1 Å². The van der Waals surface area contributed by atoms with E-state index in [0.29, 0.717) is 12.3 Å². The summed E-state index contributed by atoms with van der Waals surface area (Å²) in [7, 11) is 3.57. The van der Waals surface area contributed by atoms with Crippen LogP contribution >= 0.6 is 0 Å². The number of halogens is 1. The Kier molecular flexibility index (Phi) is 6.36. The Labute approximate surface area is 136 Å². The number of ether oxygens (including phenoxy) is 1. The van der Waals surface area contributed by atoms with Crippen LogP contribution in [0.25, 0.3) is 0 Å². The SMILES string of the molecule is CN(C)C(=O)C1CCN(C[C@H](O)COc2ccc(F)cc2)CC1. The number of β-amino-alcohol motifs (C(OH)–C–C–N with tert-alkyl or cyclic N) is 1. The van der Waals surface area contributed by atoms with Crippen molar-refractivity contribution in [2.75, 3.05) is 40.3 Å². The average molecular weight is 324 g/mol. The molecule has 1 aromatic carbocycles. The van der Waals surface area contributed by atoms with Crippen LogP contribution in [0.4, 0.5) is 4.39 Å². The smallest absolute Gasteiger partial charge is 0.225 e. The Morgan fingerprint density at radius 3 is 2.52 bits per heavy atom. The van der Waals surface area contributed by atoms with Gasteiger partial charge in [0.25, 0.3) is 0 Å². The highest BCUT2D eigenvalue weighted by molar-refractivity contribution is 5.78. The number of carbonyl (C=O) groups is 1. The van der Waals surface area contributed by atoms with Crippen molar-refractivity contribution in [3.8, 4) is 5.75 Å². The van der Waals surface area contributed by atoms with Crippen LogP contribution in [0, 0.1) is 11.7 Å². The molecule has 1 saturated heterocycles. The Morgan fingerprint density at radius 2 is 1.96 bits per heavy atom. The number of hydrogen-bond acceptors (Lipinski definition) is 4. The molecule has 6 heteroatoms. The van der Waals surface area contributed by atoms with Gasteiger partial charge in [0.05, 0.1) is 0 Å². The summed E-state index contributed by atoms with van der Waals surface area (Å²) in [6, 6.07) is 5.74. The number of rotatable bonds is 6. The summed E-state index contributed by atoms with van der Waals surface area (Å²) in [5.74, 6) is 0.507. The predicted octanol–water partition coefficient (Wildman–Crippen LogP) is 1.37. The van der Waals surface area contributed by atoms with Crippen LogP contribution < -0.4 is 4.74 Å². The number of benzene rings is 1. The number of carbonyl (C=O) groups excluding carboxylic acids is 1. The molecule has 1 fully saturated rings. The Bertz CT molecular complexity index is 499. The average Bonchev–Trinajstić information content (AvgIpc) is 2.54. The lowest BCUT2D eigenvalue weighted by Gasteiger charge is -2.33. The molecule has 0 aliphatic carbocycles. The number of aliphatic hydroxyl groups excluding tert-OH is 1.